The summed E-state index contributed by atoms with van der Waals surface area (Å²) in [6.07, 6.45) is 1.40. The summed E-state index contributed by atoms with van der Waals surface area (Å²) in [6, 6.07) is 4.84. The van der Waals surface area contributed by atoms with Gasteiger partial charge in [-0.3, -0.25) is 0 Å². The summed E-state index contributed by atoms with van der Waals surface area (Å²) in [7, 11) is 1.53. The van der Waals surface area contributed by atoms with Gasteiger partial charge in [-0.1, -0.05) is 6.07 Å². The highest BCUT2D eigenvalue weighted by atomic mass is 19.1. The molecule has 6 heteroatoms. The summed E-state index contributed by atoms with van der Waals surface area (Å²) < 4.78 is 19.1. The predicted molar refractivity (Wildman–Crippen MR) is 77.2 cm³/mol. The first-order chi connectivity index (χ1) is 9.65. The van der Waals surface area contributed by atoms with Crippen LogP contribution < -0.4 is 15.4 Å². The summed E-state index contributed by atoms with van der Waals surface area (Å²) in [5.74, 6) is 1.10. The van der Waals surface area contributed by atoms with Crippen LogP contribution in [0.2, 0.25) is 0 Å². The lowest BCUT2D eigenvalue weighted by Crippen LogP contribution is -2.06. The molecule has 0 unspecified atom stereocenters. The number of halogens is 1. The molecule has 5 nitrogen and oxygen atoms in total. The molecule has 2 aromatic rings. The highest BCUT2D eigenvalue weighted by Crippen LogP contribution is 2.31. The van der Waals surface area contributed by atoms with Crippen LogP contribution in [0.25, 0.3) is 0 Å². The number of anilines is 3. The molecule has 1 heterocycles. The fourth-order valence-electron chi connectivity index (χ4n) is 1.81. The molecule has 1 aromatic carbocycles. The first-order valence-corrected chi connectivity index (χ1v) is 6.31. The van der Waals surface area contributed by atoms with E-state index in [9.17, 15) is 4.39 Å². The van der Waals surface area contributed by atoms with E-state index in [0.717, 1.165) is 5.56 Å². The van der Waals surface area contributed by atoms with E-state index in [4.69, 9.17) is 4.74 Å². The molecule has 0 saturated carbocycles. The fraction of sp³-hybridized carbons (Fsp3) is 0.286. The van der Waals surface area contributed by atoms with Gasteiger partial charge in [-0.2, -0.15) is 0 Å². The van der Waals surface area contributed by atoms with Gasteiger partial charge >= 0.3 is 0 Å². The van der Waals surface area contributed by atoms with E-state index in [0.29, 0.717) is 29.6 Å². The van der Waals surface area contributed by atoms with Crippen molar-refractivity contribution in [1.29, 1.82) is 0 Å². The number of benzene rings is 1. The van der Waals surface area contributed by atoms with Crippen molar-refractivity contribution >= 4 is 17.3 Å². The topological polar surface area (TPSA) is 59.1 Å². The number of rotatable bonds is 5. The van der Waals surface area contributed by atoms with Crippen molar-refractivity contribution in [2.24, 2.45) is 0 Å². The lowest BCUT2D eigenvalue weighted by molar-refractivity contribution is 0.415. The molecule has 0 saturated heterocycles. The summed E-state index contributed by atoms with van der Waals surface area (Å²) in [6.45, 7) is 4.55. The maximum atomic E-state index is 13.8. The highest BCUT2D eigenvalue weighted by molar-refractivity contribution is 5.69. The molecule has 2 N–H and O–H groups in total. The Morgan fingerprint density at radius 2 is 2.00 bits per heavy atom. The van der Waals surface area contributed by atoms with Crippen molar-refractivity contribution in [1.82, 2.24) is 9.97 Å². The number of methoxy groups -OCH3 is 1. The van der Waals surface area contributed by atoms with Gasteiger partial charge in [0, 0.05) is 6.54 Å². The molecule has 0 spiro atoms. The Morgan fingerprint density at radius 1 is 1.25 bits per heavy atom. The molecule has 0 aliphatic heterocycles. The van der Waals surface area contributed by atoms with Gasteiger partial charge in [0.15, 0.2) is 11.6 Å². The van der Waals surface area contributed by atoms with E-state index in [1.165, 1.54) is 19.5 Å². The molecule has 1 aromatic heterocycles. The molecule has 2 rings (SSSR count). The third-order valence-electron chi connectivity index (χ3n) is 2.73. The van der Waals surface area contributed by atoms with Gasteiger partial charge in [-0.25, -0.2) is 14.4 Å². The smallest absolute Gasteiger partial charge is 0.204 e. The third kappa shape index (κ3) is 2.96. The van der Waals surface area contributed by atoms with E-state index in [-0.39, 0.29) is 5.82 Å². The van der Waals surface area contributed by atoms with Crippen LogP contribution in [-0.2, 0) is 0 Å². The van der Waals surface area contributed by atoms with Crippen LogP contribution >= 0.6 is 0 Å². The summed E-state index contributed by atoms with van der Waals surface area (Å²) in [5, 5.41) is 6.01. The lowest BCUT2D eigenvalue weighted by atomic mass is 10.2. The molecule has 106 valence electrons. The van der Waals surface area contributed by atoms with E-state index in [2.05, 4.69) is 20.6 Å². The van der Waals surface area contributed by atoms with Gasteiger partial charge in [0.05, 0.1) is 12.8 Å². The van der Waals surface area contributed by atoms with E-state index < -0.39 is 0 Å². The largest absolute Gasteiger partial charge is 0.490 e. The van der Waals surface area contributed by atoms with Crippen LogP contribution in [0, 0.1) is 12.7 Å². The lowest BCUT2D eigenvalue weighted by Gasteiger charge is -2.14. The second-order valence-electron chi connectivity index (χ2n) is 4.24. The van der Waals surface area contributed by atoms with Gasteiger partial charge in [-0.05, 0) is 31.5 Å². The zero-order valence-electron chi connectivity index (χ0n) is 11.7. The normalized spacial score (nSPS) is 10.2. The molecule has 0 atom stereocenters. The number of aromatic nitrogens is 2. The second-order valence-corrected chi connectivity index (χ2v) is 4.24. The van der Waals surface area contributed by atoms with Gasteiger partial charge < -0.3 is 15.4 Å². The average Bonchev–Trinajstić information content (AvgIpc) is 2.43. The van der Waals surface area contributed by atoms with E-state index in [1.54, 1.807) is 12.1 Å². The molecule has 0 fully saturated rings. The molecular weight excluding hydrogens is 259 g/mol. The van der Waals surface area contributed by atoms with Crippen molar-refractivity contribution in [3.8, 4) is 5.75 Å². The van der Waals surface area contributed by atoms with Gasteiger partial charge in [0.2, 0.25) is 5.75 Å². The minimum absolute atomic E-state index is 0.346. The SMILES string of the molecule is CCNc1ncnc(Nc2cc(C)ccc2F)c1OC. The van der Waals surface area contributed by atoms with Crippen molar-refractivity contribution < 1.29 is 9.13 Å². The monoisotopic (exact) mass is 276 g/mol. The molecule has 20 heavy (non-hydrogen) atoms. The van der Waals surface area contributed by atoms with Crippen LogP contribution in [0.1, 0.15) is 12.5 Å². The number of hydrogen-bond donors (Lipinski definition) is 2. The van der Waals surface area contributed by atoms with E-state index in [1.807, 2.05) is 13.8 Å². The minimum atomic E-state index is -0.346. The number of nitrogens with one attached hydrogen (secondary N) is 2. The second kappa shape index (κ2) is 6.18. The molecule has 0 aliphatic carbocycles. The highest BCUT2D eigenvalue weighted by Gasteiger charge is 2.13. The third-order valence-corrected chi connectivity index (χ3v) is 2.73. The number of nitrogens with zero attached hydrogens (tertiary/aromatic N) is 2. The van der Waals surface area contributed by atoms with Gasteiger partial charge in [0.1, 0.15) is 12.1 Å². The zero-order valence-corrected chi connectivity index (χ0v) is 11.7. The minimum Gasteiger partial charge on any atom is -0.490 e. The maximum absolute atomic E-state index is 13.8. The van der Waals surface area contributed by atoms with Crippen molar-refractivity contribution in [2.75, 3.05) is 24.3 Å². The van der Waals surface area contributed by atoms with Crippen molar-refractivity contribution in [3.05, 3.63) is 35.9 Å². The summed E-state index contributed by atoms with van der Waals surface area (Å²) >= 11 is 0. The molecule has 0 aliphatic rings. The standard InChI is InChI=1S/C14H17FN4O/c1-4-16-13-12(20-3)14(18-8-17-13)19-11-7-9(2)5-6-10(11)15/h5-8H,4H2,1-3H3,(H2,16,17,18,19). The Kier molecular flexibility index (Phi) is 4.34. The maximum Gasteiger partial charge on any atom is 0.204 e. The molecule has 0 amide bonds. The first kappa shape index (κ1) is 14.0. The Balaban J connectivity index is 2.37. The Bertz CT molecular complexity index is 604. The molecule has 0 bridgehead atoms. The molecular formula is C14H17FN4O. The Morgan fingerprint density at radius 3 is 2.70 bits per heavy atom. The van der Waals surface area contributed by atoms with Gasteiger partial charge in [0.25, 0.3) is 0 Å². The van der Waals surface area contributed by atoms with Crippen LogP contribution in [0.3, 0.4) is 0 Å². The van der Waals surface area contributed by atoms with Crippen LogP contribution in [-0.4, -0.2) is 23.6 Å². The van der Waals surface area contributed by atoms with Crippen LogP contribution in [0.5, 0.6) is 5.75 Å². The predicted octanol–water partition coefficient (Wildman–Crippen LogP) is 3.11. The summed E-state index contributed by atoms with van der Waals surface area (Å²) in [5.41, 5.74) is 1.30. The first-order valence-electron chi connectivity index (χ1n) is 6.31. The van der Waals surface area contributed by atoms with Crippen LogP contribution in [0.15, 0.2) is 24.5 Å². The number of hydrogen-bond acceptors (Lipinski definition) is 5. The number of ether oxygens (including phenoxy) is 1. The Hall–Kier alpha value is -2.37. The Labute approximate surface area is 117 Å². The van der Waals surface area contributed by atoms with Crippen molar-refractivity contribution in [2.45, 2.75) is 13.8 Å². The number of aryl methyl sites for hydroxylation is 1. The summed E-state index contributed by atoms with van der Waals surface area (Å²) in [4.78, 5) is 8.21. The zero-order chi connectivity index (χ0) is 14.5. The quantitative estimate of drug-likeness (QED) is 0.878. The van der Waals surface area contributed by atoms with E-state index >= 15 is 0 Å². The average molecular weight is 276 g/mol. The van der Waals surface area contributed by atoms with Crippen LogP contribution in [0.4, 0.5) is 21.7 Å². The molecule has 0 radical (unpaired) electrons. The van der Waals surface area contributed by atoms with Crippen molar-refractivity contribution in [3.63, 3.8) is 0 Å². The fourth-order valence-corrected chi connectivity index (χ4v) is 1.81. The van der Waals surface area contributed by atoms with Gasteiger partial charge in [-0.15, -0.1) is 0 Å².